The van der Waals surface area contributed by atoms with Crippen molar-refractivity contribution < 1.29 is 62.1 Å². The Balaban J connectivity index is 1.90. The SMILES string of the molecule is CC(C)C(NC(=O)C(C)(C)CCOC(C)(C)CCC(=O)ON1C(=O)CCC1=O)C(=O)N[C@H](CCCNC(N)=O)C(=O)Nc1ccc(COC(=O)NCCOCCOCCC(C)(C)C)cc1. The highest BCUT2D eigenvalue weighted by atomic mass is 16.7. The van der Waals surface area contributed by atoms with Crippen molar-refractivity contribution >= 4 is 53.3 Å². The minimum Gasteiger partial charge on any atom is -0.445 e. The van der Waals surface area contributed by atoms with Gasteiger partial charge in [0, 0.05) is 50.2 Å². The lowest BCUT2D eigenvalue weighted by atomic mass is 9.87. The van der Waals surface area contributed by atoms with E-state index in [2.05, 4.69) is 47.4 Å². The number of alkyl carbamates (subject to hydrolysis) is 1. The first-order valence-corrected chi connectivity index (χ1v) is 22.2. The van der Waals surface area contributed by atoms with Gasteiger partial charge >= 0.3 is 18.1 Å². The van der Waals surface area contributed by atoms with Gasteiger partial charge in [-0.05, 0) is 75.0 Å². The number of amides is 8. The molecular weight excluding hydrogens is 847 g/mol. The first-order chi connectivity index (χ1) is 30.4. The number of carbonyl (C=O) groups excluding carboxylic acids is 8. The van der Waals surface area contributed by atoms with Gasteiger partial charge in [-0.3, -0.25) is 24.0 Å². The Labute approximate surface area is 382 Å². The number of hydroxylamine groups is 2. The number of anilines is 1. The van der Waals surface area contributed by atoms with Crippen LogP contribution in [0.5, 0.6) is 0 Å². The van der Waals surface area contributed by atoms with Crippen LogP contribution in [-0.4, -0.2) is 117 Å². The highest BCUT2D eigenvalue weighted by molar-refractivity contribution is 6.01. The van der Waals surface area contributed by atoms with Crippen LogP contribution in [0.2, 0.25) is 0 Å². The summed E-state index contributed by atoms with van der Waals surface area (Å²) in [6, 6.07) is 3.78. The van der Waals surface area contributed by atoms with Crippen LogP contribution in [0.15, 0.2) is 24.3 Å². The summed E-state index contributed by atoms with van der Waals surface area (Å²) < 4.78 is 22.3. The van der Waals surface area contributed by atoms with Crippen LogP contribution in [0.3, 0.4) is 0 Å². The lowest BCUT2D eigenvalue weighted by Crippen LogP contribution is -2.56. The van der Waals surface area contributed by atoms with E-state index < -0.39 is 70.7 Å². The van der Waals surface area contributed by atoms with Crippen LogP contribution in [-0.2, 0) is 59.2 Å². The van der Waals surface area contributed by atoms with Gasteiger partial charge in [0.1, 0.15) is 18.7 Å². The maximum Gasteiger partial charge on any atom is 0.407 e. The van der Waals surface area contributed by atoms with Gasteiger partial charge in [-0.1, -0.05) is 60.6 Å². The van der Waals surface area contributed by atoms with E-state index in [4.69, 9.17) is 29.5 Å². The Bertz CT molecular complexity index is 1730. The Kier molecular flexibility index (Phi) is 23.4. The van der Waals surface area contributed by atoms with E-state index in [9.17, 15) is 38.4 Å². The summed E-state index contributed by atoms with van der Waals surface area (Å²) in [5, 5.41) is 14.0. The number of ether oxygens (including phenoxy) is 4. The topological polar surface area (TPSA) is 272 Å². The number of imide groups is 1. The predicted octanol–water partition coefficient (Wildman–Crippen LogP) is 3.99. The second-order valence-electron chi connectivity index (χ2n) is 18.7. The van der Waals surface area contributed by atoms with Crippen molar-refractivity contribution in [3.05, 3.63) is 29.8 Å². The molecule has 65 heavy (non-hydrogen) atoms. The Morgan fingerprint density at radius 2 is 1.38 bits per heavy atom. The standard InChI is InChI=1S/C45H73N7O13/c1-30(2)37(51-40(58)44(6,7)21-25-64-45(8,9)19-18-36(55)65-52-34(53)16-17-35(52)54)39(57)50-33(11-10-22-47-41(46)59)38(56)49-32-14-12-31(13-15-32)29-63-42(60)48-23-26-62-28-27-61-24-20-43(3,4)5/h12-15,30,33,37H,10-11,16-29H2,1-9H3,(H,48,60)(H,49,56)(H,50,57)(H,51,58)(H3,46,47,59)/t33-,37?/m1/s1. The normalized spacial score (nSPS) is 14.1. The number of benzene rings is 1. The third-order valence-corrected chi connectivity index (χ3v) is 10.3. The van der Waals surface area contributed by atoms with Gasteiger partial charge in [-0.25, -0.2) is 14.4 Å². The molecule has 366 valence electrons. The number of hydrogen-bond donors (Lipinski definition) is 6. The van der Waals surface area contributed by atoms with Crippen molar-refractivity contribution in [3.63, 3.8) is 0 Å². The lowest BCUT2D eigenvalue weighted by molar-refractivity contribution is -0.198. The zero-order chi connectivity index (χ0) is 48.8. The molecule has 0 bridgehead atoms. The van der Waals surface area contributed by atoms with Crippen LogP contribution >= 0.6 is 0 Å². The molecule has 20 nitrogen and oxygen atoms in total. The number of nitrogens with two attached hydrogens (primary N) is 1. The molecule has 0 saturated carbocycles. The van der Waals surface area contributed by atoms with Gasteiger partial charge in [0.15, 0.2) is 0 Å². The number of urea groups is 1. The molecule has 20 heteroatoms. The molecule has 1 aliphatic heterocycles. The van der Waals surface area contributed by atoms with Crippen molar-refractivity contribution in [3.8, 4) is 0 Å². The second-order valence-corrected chi connectivity index (χ2v) is 18.7. The van der Waals surface area contributed by atoms with E-state index in [1.54, 1.807) is 65.8 Å². The van der Waals surface area contributed by atoms with Gasteiger partial charge in [0.25, 0.3) is 11.8 Å². The molecule has 1 aromatic carbocycles. The first-order valence-electron chi connectivity index (χ1n) is 22.2. The predicted molar refractivity (Wildman–Crippen MR) is 239 cm³/mol. The molecule has 2 atom stereocenters. The molecule has 1 heterocycles. The van der Waals surface area contributed by atoms with Crippen molar-refractivity contribution in [2.75, 3.05) is 51.4 Å². The molecule has 0 aliphatic carbocycles. The minimum absolute atomic E-state index is 0.00495. The molecule has 2 rings (SSSR count). The number of rotatable bonds is 29. The van der Waals surface area contributed by atoms with Crippen LogP contribution in [0.1, 0.15) is 119 Å². The van der Waals surface area contributed by atoms with E-state index in [0.29, 0.717) is 49.2 Å². The van der Waals surface area contributed by atoms with Crippen molar-refractivity contribution in [1.82, 2.24) is 26.3 Å². The summed E-state index contributed by atoms with van der Waals surface area (Å²) in [5.74, 6) is -3.82. The van der Waals surface area contributed by atoms with Crippen LogP contribution in [0, 0.1) is 16.7 Å². The highest BCUT2D eigenvalue weighted by Gasteiger charge is 2.36. The van der Waals surface area contributed by atoms with Crippen molar-refractivity contribution in [2.45, 2.75) is 138 Å². The fourth-order valence-corrected chi connectivity index (χ4v) is 5.94. The fourth-order valence-electron chi connectivity index (χ4n) is 5.94. The van der Waals surface area contributed by atoms with E-state index in [1.165, 1.54) is 0 Å². The van der Waals surface area contributed by atoms with Gasteiger partial charge < -0.3 is 56.1 Å². The minimum atomic E-state index is -1.07. The smallest absolute Gasteiger partial charge is 0.407 e. The van der Waals surface area contributed by atoms with Gasteiger partial charge in [0.05, 0.1) is 31.8 Å². The average molecular weight is 920 g/mol. The Hall–Kier alpha value is -5.34. The number of carbonyl (C=O) groups is 8. The van der Waals surface area contributed by atoms with Gasteiger partial charge in [-0.15, -0.1) is 5.06 Å². The third-order valence-electron chi connectivity index (χ3n) is 10.3. The summed E-state index contributed by atoms with van der Waals surface area (Å²) in [5.41, 5.74) is 4.65. The summed E-state index contributed by atoms with van der Waals surface area (Å²) in [6.45, 7) is 19.3. The fraction of sp³-hybridized carbons (Fsp3) is 0.689. The van der Waals surface area contributed by atoms with Gasteiger partial charge in [0.2, 0.25) is 17.7 Å². The monoisotopic (exact) mass is 920 g/mol. The van der Waals surface area contributed by atoms with Crippen molar-refractivity contribution in [2.24, 2.45) is 22.5 Å². The molecule has 0 spiro atoms. The largest absolute Gasteiger partial charge is 0.445 e. The number of primary amides is 1. The van der Waals surface area contributed by atoms with Crippen LogP contribution < -0.4 is 32.3 Å². The summed E-state index contributed by atoms with van der Waals surface area (Å²) >= 11 is 0. The molecule has 7 N–H and O–H groups in total. The molecule has 1 unspecified atom stereocenters. The zero-order valence-corrected chi connectivity index (χ0v) is 39.7. The molecule has 0 radical (unpaired) electrons. The van der Waals surface area contributed by atoms with Gasteiger partial charge in [-0.2, -0.15) is 0 Å². The number of hydrogen-bond acceptors (Lipinski definition) is 13. The van der Waals surface area contributed by atoms with Crippen molar-refractivity contribution in [1.29, 1.82) is 0 Å². The first kappa shape index (κ1) is 55.8. The van der Waals surface area contributed by atoms with Crippen LogP contribution in [0.4, 0.5) is 15.3 Å². The summed E-state index contributed by atoms with van der Waals surface area (Å²) in [6.07, 6.45) is 1.09. The van der Waals surface area contributed by atoms with Crippen LogP contribution in [0.25, 0.3) is 0 Å². The molecule has 1 saturated heterocycles. The molecule has 8 amide bonds. The number of nitrogens with zero attached hydrogens (tertiary/aromatic N) is 1. The maximum absolute atomic E-state index is 13.8. The maximum atomic E-state index is 13.8. The van der Waals surface area contributed by atoms with E-state index >= 15 is 0 Å². The summed E-state index contributed by atoms with van der Waals surface area (Å²) in [7, 11) is 0. The lowest BCUT2D eigenvalue weighted by Gasteiger charge is -2.31. The quantitative estimate of drug-likeness (QED) is 0.0491. The Morgan fingerprint density at radius 3 is 1.98 bits per heavy atom. The summed E-state index contributed by atoms with van der Waals surface area (Å²) in [4.78, 5) is 105. The van der Waals surface area contributed by atoms with E-state index in [-0.39, 0.29) is 76.2 Å². The second kappa shape index (κ2) is 27.2. The highest BCUT2D eigenvalue weighted by Crippen LogP contribution is 2.25. The molecule has 1 aliphatic rings. The Morgan fingerprint density at radius 1 is 0.754 bits per heavy atom. The average Bonchev–Trinajstić information content (AvgIpc) is 3.53. The molecule has 1 fully saturated rings. The molecular formula is C45H73N7O13. The van der Waals surface area contributed by atoms with E-state index in [0.717, 1.165) is 6.42 Å². The molecule has 1 aromatic rings. The third kappa shape index (κ3) is 22.9. The van der Waals surface area contributed by atoms with E-state index in [1.807, 2.05) is 0 Å². The zero-order valence-electron chi connectivity index (χ0n) is 39.7. The molecule has 0 aromatic heterocycles. The number of nitrogens with one attached hydrogen (secondary N) is 5.